The molecule has 0 saturated carbocycles. The summed E-state index contributed by atoms with van der Waals surface area (Å²) in [6.45, 7) is 3.80. The third-order valence-electron chi connectivity index (χ3n) is 6.55. The number of rotatable bonds is 10. The van der Waals surface area contributed by atoms with Crippen LogP contribution in [-0.4, -0.2) is 37.0 Å². The Bertz CT molecular complexity index is 1680. The van der Waals surface area contributed by atoms with Crippen molar-refractivity contribution in [3.05, 3.63) is 118 Å². The highest BCUT2D eigenvalue weighted by molar-refractivity contribution is 7.15. The molecule has 5 aromatic rings. The third-order valence-corrected chi connectivity index (χ3v) is 8.34. The summed E-state index contributed by atoms with van der Waals surface area (Å²) in [5.74, 6) is -2.08. The van der Waals surface area contributed by atoms with Gasteiger partial charge in [0.25, 0.3) is 11.8 Å². The van der Waals surface area contributed by atoms with E-state index in [1.54, 1.807) is 42.8 Å². The molecule has 0 aliphatic rings. The molecule has 222 valence electrons. The minimum atomic E-state index is -0.542. The molecule has 2 heterocycles. The zero-order valence-electron chi connectivity index (χ0n) is 23.9. The smallest absolute Gasteiger partial charge is 0.341 e. The van der Waals surface area contributed by atoms with Crippen molar-refractivity contribution in [3.63, 3.8) is 0 Å². The number of ether oxygens (including phenoxy) is 2. The normalized spacial score (nSPS) is 10.6. The lowest BCUT2D eigenvalue weighted by Crippen LogP contribution is -2.17. The first kappa shape index (κ1) is 30.4. The number of hydrogen-bond acceptors (Lipinski definition) is 8. The molecule has 0 bridgehead atoms. The van der Waals surface area contributed by atoms with E-state index in [0.717, 1.165) is 11.1 Å². The first-order valence-corrected chi connectivity index (χ1v) is 15.6. The summed E-state index contributed by atoms with van der Waals surface area (Å²) < 4.78 is 10.6. The summed E-state index contributed by atoms with van der Waals surface area (Å²) in [6, 6.07) is 24.9. The summed E-state index contributed by atoms with van der Waals surface area (Å²) >= 11 is 2.43. The maximum atomic E-state index is 13.4. The number of hydrogen-bond donors (Lipinski definition) is 2. The van der Waals surface area contributed by atoms with E-state index in [9.17, 15) is 19.2 Å². The van der Waals surface area contributed by atoms with Crippen LogP contribution in [0.5, 0.6) is 0 Å². The summed E-state index contributed by atoms with van der Waals surface area (Å²) in [7, 11) is 0. The lowest BCUT2D eigenvalue weighted by Gasteiger charge is -2.10. The Kier molecular flexibility index (Phi) is 9.63. The number of thiophene rings is 2. The third kappa shape index (κ3) is 6.61. The fourth-order valence-electron chi connectivity index (χ4n) is 4.52. The second-order valence-electron chi connectivity index (χ2n) is 9.37. The lowest BCUT2D eigenvalue weighted by molar-refractivity contribution is 0.0519. The van der Waals surface area contributed by atoms with Crippen LogP contribution in [0.2, 0.25) is 0 Å². The van der Waals surface area contributed by atoms with Crippen molar-refractivity contribution in [2.45, 2.75) is 13.8 Å². The molecule has 44 heavy (non-hydrogen) atoms. The Balaban J connectivity index is 1.39. The standard InChI is InChI=1S/C34H28N2O6S2/c1-3-41-33(39)27-25(21-12-7-5-8-13-21)19-43-31(27)35-29(37)23-16-11-17-24(18-23)30(38)36-32-28(34(40)42-4-2)26(20-44-32)22-14-9-6-10-15-22/h5-20H,3-4H2,1-2H3,(H,35,37)(H,36,38). The SMILES string of the molecule is CCOC(=O)c1c(-c2ccccc2)csc1NC(=O)c1cccc(C(=O)Nc2scc(-c3ccccc3)c2C(=O)OCC)c1. The topological polar surface area (TPSA) is 111 Å². The van der Waals surface area contributed by atoms with Gasteiger partial charge in [-0.05, 0) is 43.2 Å². The van der Waals surface area contributed by atoms with Gasteiger partial charge in [0.1, 0.15) is 21.1 Å². The van der Waals surface area contributed by atoms with Gasteiger partial charge >= 0.3 is 11.9 Å². The van der Waals surface area contributed by atoms with E-state index in [0.29, 0.717) is 21.1 Å². The van der Waals surface area contributed by atoms with Gasteiger partial charge in [-0.25, -0.2) is 9.59 Å². The number of amides is 2. The van der Waals surface area contributed by atoms with Crippen LogP contribution in [0.25, 0.3) is 22.3 Å². The van der Waals surface area contributed by atoms with Gasteiger partial charge in [-0.2, -0.15) is 0 Å². The lowest BCUT2D eigenvalue weighted by atomic mass is 10.0. The molecule has 0 saturated heterocycles. The highest BCUT2D eigenvalue weighted by Crippen LogP contribution is 2.38. The van der Waals surface area contributed by atoms with Gasteiger partial charge in [0.15, 0.2) is 0 Å². The first-order valence-electron chi connectivity index (χ1n) is 13.8. The van der Waals surface area contributed by atoms with Crippen LogP contribution >= 0.6 is 22.7 Å². The molecule has 0 unspecified atom stereocenters. The van der Waals surface area contributed by atoms with Crippen LogP contribution in [-0.2, 0) is 9.47 Å². The molecular formula is C34H28N2O6S2. The second-order valence-corrected chi connectivity index (χ2v) is 11.1. The summed E-state index contributed by atoms with van der Waals surface area (Å²) in [4.78, 5) is 52.5. The highest BCUT2D eigenvalue weighted by Gasteiger charge is 2.25. The first-order chi connectivity index (χ1) is 21.4. The monoisotopic (exact) mass is 624 g/mol. The fourth-order valence-corrected chi connectivity index (χ4v) is 6.43. The summed E-state index contributed by atoms with van der Waals surface area (Å²) in [5, 5.41) is 9.92. The van der Waals surface area contributed by atoms with Crippen LogP contribution in [0.4, 0.5) is 10.0 Å². The average molecular weight is 625 g/mol. The molecule has 0 atom stereocenters. The fraction of sp³-hybridized carbons (Fsp3) is 0.118. The van der Waals surface area contributed by atoms with E-state index in [1.165, 1.54) is 28.7 Å². The quantitative estimate of drug-likeness (QED) is 0.152. The van der Waals surface area contributed by atoms with Crippen LogP contribution in [0.3, 0.4) is 0 Å². The number of esters is 2. The van der Waals surface area contributed by atoms with Crippen molar-refractivity contribution in [2.24, 2.45) is 0 Å². The number of nitrogens with one attached hydrogen (secondary N) is 2. The van der Waals surface area contributed by atoms with Crippen molar-refractivity contribution in [1.82, 2.24) is 0 Å². The van der Waals surface area contributed by atoms with Crippen molar-refractivity contribution < 1.29 is 28.7 Å². The van der Waals surface area contributed by atoms with Gasteiger partial charge in [-0.1, -0.05) is 66.7 Å². The molecule has 5 rings (SSSR count). The van der Waals surface area contributed by atoms with Gasteiger partial charge in [0.2, 0.25) is 0 Å². The minimum absolute atomic E-state index is 0.183. The number of carbonyl (C=O) groups is 4. The molecule has 0 spiro atoms. The zero-order valence-corrected chi connectivity index (χ0v) is 25.6. The van der Waals surface area contributed by atoms with E-state index >= 15 is 0 Å². The number of benzene rings is 3. The molecule has 0 radical (unpaired) electrons. The van der Waals surface area contributed by atoms with Crippen LogP contribution in [0.15, 0.2) is 95.7 Å². The molecule has 0 fully saturated rings. The minimum Gasteiger partial charge on any atom is -0.462 e. The van der Waals surface area contributed by atoms with Crippen LogP contribution in [0, 0.1) is 0 Å². The van der Waals surface area contributed by atoms with Crippen molar-refractivity contribution in [2.75, 3.05) is 23.8 Å². The predicted octanol–water partition coefficient (Wildman–Crippen LogP) is 8.00. The molecule has 10 heteroatoms. The second kappa shape index (κ2) is 13.9. The molecule has 8 nitrogen and oxygen atoms in total. The Morgan fingerprint density at radius 1 is 0.591 bits per heavy atom. The van der Waals surface area contributed by atoms with Gasteiger partial charge in [0.05, 0.1) is 13.2 Å². The van der Waals surface area contributed by atoms with Gasteiger partial charge in [-0.3, -0.25) is 9.59 Å². The maximum Gasteiger partial charge on any atom is 0.341 e. The highest BCUT2D eigenvalue weighted by atomic mass is 32.1. The maximum absolute atomic E-state index is 13.4. The summed E-state index contributed by atoms with van der Waals surface area (Å²) in [6.07, 6.45) is 0. The Labute approximate surface area is 262 Å². The van der Waals surface area contributed by atoms with E-state index < -0.39 is 23.8 Å². The molecule has 0 aliphatic carbocycles. The predicted molar refractivity (Wildman–Crippen MR) is 174 cm³/mol. The average Bonchev–Trinajstić information content (AvgIpc) is 3.66. The van der Waals surface area contributed by atoms with Crippen molar-refractivity contribution >= 4 is 56.4 Å². The number of carbonyl (C=O) groups excluding carboxylic acids is 4. The molecular weight excluding hydrogens is 597 g/mol. The molecule has 2 amide bonds. The Morgan fingerprint density at radius 2 is 1.00 bits per heavy atom. The zero-order chi connectivity index (χ0) is 31.1. The molecule has 0 aliphatic heterocycles. The van der Waals surface area contributed by atoms with Crippen LogP contribution < -0.4 is 10.6 Å². The molecule has 2 aromatic heterocycles. The summed E-state index contributed by atoms with van der Waals surface area (Å²) in [5.41, 5.74) is 3.90. The van der Waals surface area contributed by atoms with E-state index in [-0.39, 0.29) is 35.5 Å². The molecule has 3 aromatic carbocycles. The van der Waals surface area contributed by atoms with Gasteiger partial charge in [-0.15, -0.1) is 22.7 Å². The van der Waals surface area contributed by atoms with Gasteiger partial charge < -0.3 is 20.1 Å². The largest absolute Gasteiger partial charge is 0.462 e. The van der Waals surface area contributed by atoms with E-state index in [4.69, 9.17) is 9.47 Å². The molecule has 2 N–H and O–H groups in total. The van der Waals surface area contributed by atoms with Gasteiger partial charge in [0, 0.05) is 33.0 Å². The number of anilines is 2. The van der Waals surface area contributed by atoms with Crippen molar-refractivity contribution in [1.29, 1.82) is 0 Å². The van der Waals surface area contributed by atoms with E-state index in [2.05, 4.69) is 10.6 Å². The Morgan fingerprint density at radius 3 is 1.39 bits per heavy atom. The van der Waals surface area contributed by atoms with Crippen molar-refractivity contribution in [3.8, 4) is 22.3 Å². The van der Waals surface area contributed by atoms with E-state index in [1.807, 2.05) is 60.7 Å². The van der Waals surface area contributed by atoms with Crippen LogP contribution in [0.1, 0.15) is 55.3 Å². The Hall–Kier alpha value is -5.06.